The summed E-state index contributed by atoms with van der Waals surface area (Å²) in [5.74, 6) is 0. The maximum absolute atomic E-state index is 5.27. The molecule has 1 aliphatic rings. The van der Waals surface area contributed by atoms with E-state index in [0.29, 0.717) is 5.54 Å². The van der Waals surface area contributed by atoms with E-state index < -0.39 is 9.76 Å². The van der Waals surface area contributed by atoms with Gasteiger partial charge in [-0.25, -0.2) is 0 Å². The van der Waals surface area contributed by atoms with E-state index >= 15 is 0 Å². The third kappa shape index (κ3) is 2.15. The van der Waals surface area contributed by atoms with Crippen LogP contribution in [0.4, 0.5) is 0 Å². The van der Waals surface area contributed by atoms with E-state index in [0.717, 1.165) is 0 Å². The first-order chi connectivity index (χ1) is 5.92. The van der Waals surface area contributed by atoms with Gasteiger partial charge in [-0.15, -0.1) is 0 Å². The van der Waals surface area contributed by atoms with Crippen LogP contribution in [0.3, 0.4) is 0 Å². The average Bonchev–Trinajstić information content (AvgIpc) is 2.50. The SMILES string of the molecule is CO[SiH2]C1C=Cc2ccccc21.[LiH]. The number of rotatable bonds is 2. The third-order valence-electron chi connectivity index (χ3n) is 2.25. The van der Waals surface area contributed by atoms with Gasteiger partial charge in [0.2, 0.25) is 0 Å². The van der Waals surface area contributed by atoms with Gasteiger partial charge in [0, 0.05) is 12.7 Å². The van der Waals surface area contributed by atoms with Crippen molar-refractivity contribution in [3.05, 3.63) is 41.5 Å². The molecule has 0 aromatic heterocycles. The molecule has 0 saturated heterocycles. The number of hydrogen-bond donors (Lipinski definition) is 0. The molecule has 2 rings (SSSR count). The molecular weight excluding hydrogens is 171 g/mol. The molecule has 1 aromatic rings. The fraction of sp³-hybridized carbons (Fsp3) is 0.200. The van der Waals surface area contributed by atoms with Crippen LogP contribution in [-0.4, -0.2) is 35.7 Å². The van der Waals surface area contributed by atoms with E-state index in [1.54, 1.807) is 7.11 Å². The van der Waals surface area contributed by atoms with Crippen molar-refractivity contribution in [3.8, 4) is 0 Å². The van der Waals surface area contributed by atoms with Crippen molar-refractivity contribution in [2.45, 2.75) is 5.54 Å². The predicted octanol–water partition coefficient (Wildman–Crippen LogP) is 0.836. The predicted molar refractivity (Wildman–Crippen MR) is 60.9 cm³/mol. The van der Waals surface area contributed by atoms with Crippen LogP contribution in [0.15, 0.2) is 30.3 Å². The van der Waals surface area contributed by atoms with Gasteiger partial charge in [-0.3, -0.25) is 0 Å². The second kappa shape index (κ2) is 4.83. The topological polar surface area (TPSA) is 9.23 Å². The van der Waals surface area contributed by atoms with Gasteiger partial charge in [-0.2, -0.15) is 0 Å². The molecule has 0 fully saturated rings. The molecule has 0 spiro atoms. The van der Waals surface area contributed by atoms with Crippen molar-refractivity contribution >= 4 is 34.7 Å². The van der Waals surface area contributed by atoms with Gasteiger partial charge in [0.1, 0.15) is 0 Å². The van der Waals surface area contributed by atoms with Crippen LogP contribution in [0, 0.1) is 0 Å². The van der Waals surface area contributed by atoms with Crippen LogP contribution in [0.5, 0.6) is 0 Å². The van der Waals surface area contributed by atoms with Crippen molar-refractivity contribution in [1.82, 2.24) is 0 Å². The summed E-state index contributed by atoms with van der Waals surface area (Å²) in [6, 6.07) is 8.55. The van der Waals surface area contributed by atoms with Gasteiger partial charge < -0.3 is 4.43 Å². The van der Waals surface area contributed by atoms with E-state index in [9.17, 15) is 0 Å². The molecule has 64 valence electrons. The summed E-state index contributed by atoms with van der Waals surface area (Å²) in [6.07, 6.45) is 4.46. The molecule has 1 nitrogen and oxygen atoms in total. The first-order valence-electron chi connectivity index (χ1n) is 4.18. The molecule has 0 saturated carbocycles. The van der Waals surface area contributed by atoms with Crippen molar-refractivity contribution in [2.75, 3.05) is 7.11 Å². The van der Waals surface area contributed by atoms with Crippen molar-refractivity contribution in [3.63, 3.8) is 0 Å². The molecular formula is C10H13LiOSi. The number of benzene rings is 1. The zero-order valence-electron chi connectivity index (χ0n) is 7.16. The fourth-order valence-electron chi connectivity index (χ4n) is 1.65. The fourth-order valence-corrected chi connectivity index (χ4v) is 2.81. The van der Waals surface area contributed by atoms with Gasteiger partial charge in [0.15, 0.2) is 9.76 Å². The summed E-state index contributed by atoms with van der Waals surface area (Å²) in [6.45, 7) is 0. The van der Waals surface area contributed by atoms with Crippen LogP contribution in [0.2, 0.25) is 0 Å². The summed E-state index contributed by atoms with van der Waals surface area (Å²) in [5, 5.41) is 0. The third-order valence-corrected chi connectivity index (χ3v) is 3.65. The molecule has 0 N–H and O–H groups in total. The minimum absolute atomic E-state index is 0. The molecule has 1 atom stereocenters. The molecule has 0 heterocycles. The molecule has 0 radical (unpaired) electrons. The first kappa shape index (κ1) is 10.8. The Balaban J connectivity index is 0.000000845. The van der Waals surface area contributed by atoms with Crippen molar-refractivity contribution in [2.24, 2.45) is 0 Å². The molecule has 1 aromatic carbocycles. The van der Waals surface area contributed by atoms with Gasteiger partial charge in [0.05, 0.1) is 0 Å². The Kier molecular flexibility index (Phi) is 4.02. The number of hydrogen-bond acceptors (Lipinski definition) is 1. The zero-order valence-corrected chi connectivity index (χ0v) is 8.57. The van der Waals surface area contributed by atoms with E-state index in [1.807, 2.05) is 0 Å². The van der Waals surface area contributed by atoms with Crippen LogP contribution >= 0.6 is 0 Å². The number of allylic oxidation sites excluding steroid dienone is 1. The van der Waals surface area contributed by atoms with E-state index in [-0.39, 0.29) is 18.9 Å². The Morgan fingerprint density at radius 1 is 1.31 bits per heavy atom. The monoisotopic (exact) mass is 184 g/mol. The minimum atomic E-state index is -0.397. The van der Waals surface area contributed by atoms with Gasteiger partial charge in [0.25, 0.3) is 0 Å². The van der Waals surface area contributed by atoms with Gasteiger partial charge in [-0.05, 0) is 11.1 Å². The van der Waals surface area contributed by atoms with Gasteiger partial charge in [-0.1, -0.05) is 36.4 Å². The molecule has 1 unspecified atom stereocenters. The van der Waals surface area contributed by atoms with E-state index in [4.69, 9.17) is 4.43 Å². The van der Waals surface area contributed by atoms with E-state index in [2.05, 4.69) is 36.4 Å². The Bertz CT molecular complexity index is 312. The van der Waals surface area contributed by atoms with Crippen LogP contribution in [-0.2, 0) is 4.43 Å². The molecule has 0 amide bonds. The molecule has 3 heteroatoms. The van der Waals surface area contributed by atoms with E-state index in [1.165, 1.54) is 11.1 Å². The quantitative estimate of drug-likeness (QED) is 0.619. The summed E-state index contributed by atoms with van der Waals surface area (Å²) >= 11 is 0. The second-order valence-corrected chi connectivity index (χ2v) is 4.84. The second-order valence-electron chi connectivity index (χ2n) is 3.05. The molecule has 13 heavy (non-hydrogen) atoms. The zero-order chi connectivity index (χ0) is 8.39. The molecule has 0 bridgehead atoms. The Morgan fingerprint density at radius 2 is 2.08 bits per heavy atom. The van der Waals surface area contributed by atoms with Crippen LogP contribution in [0.1, 0.15) is 16.7 Å². The standard InChI is InChI=1S/C10H12OSi.Li.H/c1-11-12-10-7-6-8-4-2-3-5-9(8)10;;/h2-7,10H,12H2,1H3;;. The molecule has 0 aliphatic heterocycles. The first-order valence-corrected chi connectivity index (χ1v) is 5.57. The van der Waals surface area contributed by atoms with Crippen LogP contribution in [0.25, 0.3) is 6.08 Å². The van der Waals surface area contributed by atoms with Crippen LogP contribution < -0.4 is 0 Å². The number of fused-ring (bicyclic) bond motifs is 1. The summed E-state index contributed by atoms with van der Waals surface area (Å²) in [4.78, 5) is 0. The summed E-state index contributed by atoms with van der Waals surface area (Å²) < 4.78 is 5.27. The normalized spacial score (nSPS) is 19.0. The van der Waals surface area contributed by atoms with Crippen molar-refractivity contribution in [1.29, 1.82) is 0 Å². The Morgan fingerprint density at radius 3 is 2.85 bits per heavy atom. The summed E-state index contributed by atoms with van der Waals surface area (Å²) in [5.41, 5.74) is 3.42. The Labute approximate surface area is 93.3 Å². The molecule has 1 aliphatic carbocycles. The maximum atomic E-state index is 5.27. The average molecular weight is 184 g/mol. The van der Waals surface area contributed by atoms with Crippen molar-refractivity contribution < 1.29 is 4.43 Å². The van der Waals surface area contributed by atoms with Gasteiger partial charge >= 0.3 is 18.9 Å². The summed E-state index contributed by atoms with van der Waals surface area (Å²) in [7, 11) is 1.41. The Hall–Kier alpha value is -0.266.